The molecule has 0 saturated carbocycles. The third kappa shape index (κ3) is 2.41. The van der Waals surface area contributed by atoms with E-state index in [9.17, 15) is 10.1 Å². The van der Waals surface area contributed by atoms with Gasteiger partial charge in [0.05, 0.1) is 10.3 Å². The summed E-state index contributed by atoms with van der Waals surface area (Å²) in [6.07, 6.45) is 0. The first-order valence-corrected chi connectivity index (χ1v) is 4.29. The van der Waals surface area contributed by atoms with E-state index in [-0.39, 0.29) is 5.33 Å². The Bertz CT molecular complexity index is 103. The van der Waals surface area contributed by atoms with Gasteiger partial charge in [-0.3, -0.25) is 10.1 Å². The van der Waals surface area contributed by atoms with Gasteiger partial charge in [0, 0.05) is 31.9 Å². The van der Waals surface area contributed by atoms with Gasteiger partial charge in [-0.05, 0) is 0 Å². The summed E-state index contributed by atoms with van der Waals surface area (Å²) in [7, 11) is 0. The Morgan fingerprint density at radius 2 is 2.00 bits per heavy atom. The van der Waals surface area contributed by atoms with Crippen LogP contribution in [0.25, 0.3) is 0 Å². The summed E-state index contributed by atoms with van der Waals surface area (Å²) in [5.74, 6) is 0. The fourth-order valence-corrected chi connectivity index (χ4v) is 0.254. The van der Waals surface area contributed by atoms with E-state index in [4.69, 9.17) is 0 Å². The fraction of sp³-hybridized carbons (Fsp3) is 1.00. The lowest BCUT2D eigenvalue weighted by molar-refractivity contribution is -0.498. The van der Waals surface area contributed by atoms with Crippen molar-refractivity contribution in [3.05, 3.63) is 10.1 Å². The Hall–Kier alpha value is 0.840. The number of hydrogen-bond acceptors (Lipinski definition) is 2. The van der Waals surface area contributed by atoms with Crippen LogP contribution < -0.4 is 0 Å². The van der Waals surface area contributed by atoms with Crippen molar-refractivity contribution >= 4 is 47.8 Å². The van der Waals surface area contributed by atoms with Crippen molar-refractivity contribution in [3.63, 3.8) is 0 Å². The zero-order valence-corrected chi connectivity index (χ0v) is 8.36. The van der Waals surface area contributed by atoms with Gasteiger partial charge in [0.15, 0.2) is 0 Å². The topological polar surface area (TPSA) is 43.1 Å². The number of halogens is 3. The van der Waals surface area contributed by atoms with Crippen molar-refractivity contribution < 1.29 is 4.92 Å². The minimum atomic E-state index is -1.19. The van der Waals surface area contributed by atoms with Crippen LogP contribution in [-0.4, -0.2) is 13.6 Å². The van der Waals surface area contributed by atoms with E-state index >= 15 is 0 Å². The largest absolute Gasteiger partial charge is 0.336 e. The first-order chi connectivity index (χ1) is 3.50. The number of alkyl halides is 3. The van der Waals surface area contributed by atoms with Crippen LogP contribution in [-0.2, 0) is 0 Å². The lowest BCUT2D eigenvalue weighted by atomic mass is 10.8. The number of rotatable bonds is 2. The van der Waals surface area contributed by atoms with Crippen LogP contribution in [0.4, 0.5) is 0 Å². The Labute approximate surface area is 71.4 Å². The van der Waals surface area contributed by atoms with E-state index in [0.29, 0.717) is 0 Å². The van der Waals surface area contributed by atoms with Crippen molar-refractivity contribution in [2.24, 2.45) is 0 Å². The van der Waals surface area contributed by atoms with Gasteiger partial charge in [-0.1, -0.05) is 15.9 Å². The molecule has 0 heterocycles. The standard InChI is InChI=1S/C2H2Br3NO2/c3-1-2(4,5)6(7)8/h1H2. The summed E-state index contributed by atoms with van der Waals surface area (Å²) in [5.41, 5.74) is 0. The van der Waals surface area contributed by atoms with Crippen LogP contribution in [0.2, 0.25) is 0 Å². The van der Waals surface area contributed by atoms with Crippen molar-refractivity contribution in [1.82, 2.24) is 0 Å². The molecule has 0 bridgehead atoms. The molecule has 0 aromatic heterocycles. The molecule has 48 valence electrons. The van der Waals surface area contributed by atoms with Crippen LogP contribution in [0, 0.1) is 10.1 Å². The highest BCUT2D eigenvalue weighted by molar-refractivity contribution is 9.26. The third-order valence-electron chi connectivity index (χ3n) is 0.428. The zero-order valence-electron chi connectivity index (χ0n) is 3.60. The lowest BCUT2D eigenvalue weighted by Crippen LogP contribution is -2.24. The van der Waals surface area contributed by atoms with Gasteiger partial charge in [0.25, 0.3) is 0 Å². The third-order valence-corrected chi connectivity index (χ3v) is 3.88. The average molecular weight is 312 g/mol. The predicted molar refractivity (Wildman–Crippen MR) is 41.4 cm³/mol. The van der Waals surface area contributed by atoms with Crippen LogP contribution in [0.3, 0.4) is 0 Å². The summed E-state index contributed by atoms with van der Waals surface area (Å²) in [5, 5.41) is 10.2. The van der Waals surface area contributed by atoms with E-state index < -0.39 is 8.28 Å². The highest BCUT2D eigenvalue weighted by atomic mass is 79.9. The number of hydrogen-bond donors (Lipinski definition) is 0. The highest BCUT2D eigenvalue weighted by Crippen LogP contribution is 2.28. The van der Waals surface area contributed by atoms with Crippen LogP contribution in [0.5, 0.6) is 0 Å². The molecule has 0 rings (SSSR count). The summed E-state index contributed by atoms with van der Waals surface area (Å²) in [6.45, 7) is 0. The molecule has 0 radical (unpaired) electrons. The average Bonchev–Trinajstić information content (AvgIpc) is 1.67. The Morgan fingerprint density at radius 1 is 1.62 bits per heavy atom. The molecule has 8 heavy (non-hydrogen) atoms. The maximum Gasteiger partial charge on any atom is 0.336 e. The minimum absolute atomic E-state index is 0.229. The summed E-state index contributed by atoms with van der Waals surface area (Å²) >= 11 is 8.57. The molecule has 0 fully saturated rings. The van der Waals surface area contributed by atoms with Crippen molar-refractivity contribution in [2.75, 3.05) is 5.33 Å². The molecule has 0 saturated heterocycles. The van der Waals surface area contributed by atoms with Gasteiger partial charge in [0.1, 0.15) is 0 Å². The van der Waals surface area contributed by atoms with E-state index in [1.54, 1.807) is 0 Å². The Morgan fingerprint density at radius 3 is 2.00 bits per heavy atom. The molecule has 0 aliphatic rings. The summed E-state index contributed by atoms with van der Waals surface area (Å²) in [6, 6.07) is 0. The van der Waals surface area contributed by atoms with Crippen molar-refractivity contribution in [1.29, 1.82) is 0 Å². The molecular weight excluding hydrogens is 310 g/mol. The summed E-state index contributed by atoms with van der Waals surface area (Å²) < 4.78 is -1.19. The zero-order chi connectivity index (χ0) is 6.78. The maximum absolute atomic E-state index is 9.93. The molecule has 0 unspecified atom stereocenters. The molecule has 0 spiro atoms. The molecule has 0 aliphatic carbocycles. The minimum Gasteiger partial charge on any atom is -0.262 e. The monoisotopic (exact) mass is 309 g/mol. The van der Waals surface area contributed by atoms with Crippen LogP contribution in [0.15, 0.2) is 0 Å². The smallest absolute Gasteiger partial charge is 0.262 e. The van der Waals surface area contributed by atoms with Crippen LogP contribution >= 0.6 is 47.8 Å². The number of nitro groups is 1. The Kier molecular flexibility index (Phi) is 3.45. The highest BCUT2D eigenvalue weighted by Gasteiger charge is 2.34. The summed E-state index contributed by atoms with van der Waals surface area (Å²) in [4.78, 5) is 9.46. The first-order valence-electron chi connectivity index (χ1n) is 1.59. The van der Waals surface area contributed by atoms with Gasteiger partial charge in [0.2, 0.25) is 0 Å². The van der Waals surface area contributed by atoms with Gasteiger partial charge in [-0.15, -0.1) is 0 Å². The van der Waals surface area contributed by atoms with Crippen molar-refractivity contribution in [3.8, 4) is 0 Å². The van der Waals surface area contributed by atoms with Crippen molar-refractivity contribution in [2.45, 2.75) is 3.36 Å². The molecule has 0 N–H and O–H groups in total. The lowest BCUT2D eigenvalue weighted by Gasteiger charge is -2.04. The van der Waals surface area contributed by atoms with Gasteiger partial charge in [-0.2, -0.15) is 0 Å². The molecule has 0 aromatic rings. The van der Waals surface area contributed by atoms with Crippen LogP contribution in [0.1, 0.15) is 0 Å². The maximum atomic E-state index is 9.93. The molecule has 0 amide bonds. The van der Waals surface area contributed by atoms with E-state index in [1.165, 1.54) is 0 Å². The molecule has 0 aliphatic heterocycles. The SMILES string of the molecule is O=[N+]([O-])C(Br)(Br)CBr. The molecular formula is C2H2Br3NO2. The normalized spacial score (nSPS) is 11.4. The molecule has 3 nitrogen and oxygen atoms in total. The van der Waals surface area contributed by atoms with Gasteiger partial charge < -0.3 is 0 Å². The molecule has 6 heteroatoms. The Balaban J connectivity index is 3.91. The second-order valence-electron chi connectivity index (χ2n) is 1.06. The van der Waals surface area contributed by atoms with E-state index in [1.807, 2.05) is 0 Å². The second-order valence-corrected chi connectivity index (χ2v) is 5.31. The second kappa shape index (κ2) is 3.12. The van der Waals surface area contributed by atoms with Gasteiger partial charge >= 0.3 is 3.36 Å². The quantitative estimate of drug-likeness (QED) is 0.339. The molecule has 0 aromatic carbocycles. The first kappa shape index (κ1) is 8.84. The fourth-order valence-electron chi connectivity index (χ4n) is 0.0488. The number of nitrogens with zero attached hydrogens (tertiary/aromatic N) is 1. The predicted octanol–water partition coefficient (Wildman–Crippen LogP) is 2.10. The molecule has 0 atom stereocenters. The van der Waals surface area contributed by atoms with E-state index in [2.05, 4.69) is 47.8 Å². The van der Waals surface area contributed by atoms with Gasteiger partial charge in [-0.25, -0.2) is 0 Å². The van der Waals surface area contributed by atoms with E-state index in [0.717, 1.165) is 0 Å².